The third-order valence-electron chi connectivity index (χ3n) is 4.71. The number of benzene rings is 1. The van der Waals surface area contributed by atoms with E-state index in [9.17, 15) is 9.18 Å². The lowest BCUT2D eigenvalue weighted by Gasteiger charge is -2.23. The minimum atomic E-state index is -0.218. The summed E-state index contributed by atoms with van der Waals surface area (Å²) >= 11 is 0. The van der Waals surface area contributed by atoms with Crippen LogP contribution < -0.4 is 10.6 Å². The van der Waals surface area contributed by atoms with Crippen molar-refractivity contribution < 1.29 is 9.18 Å². The van der Waals surface area contributed by atoms with Crippen molar-refractivity contribution in [1.29, 1.82) is 0 Å². The van der Waals surface area contributed by atoms with Gasteiger partial charge in [0.15, 0.2) is 0 Å². The molecular formula is C16H21FN2O. The SMILES string of the molecule is O=C(NCCc1cccc(F)c1)C1CC12CCNCC2. The van der Waals surface area contributed by atoms with Crippen LogP contribution in [0.25, 0.3) is 0 Å². The van der Waals surface area contributed by atoms with Crippen LogP contribution in [0.1, 0.15) is 24.8 Å². The van der Waals surface area contributed by atoms with Gasteiger partial charge in [0.05, 0.1) is 0 Å². The Morgan fingerprint density at radius 2 is 2.20 bits per heavy atom. The molecule has 108 valence electrons. The van der Waals surface area contributed by atoms with Crippen LogP contribution in [0.5, 0.6) is 0 Å². The van der Waals surface area contributed by atoms with Crippen molar-refractivity contribution in [2.24, 2.45) is 11.3 Å². The number of carbonyl (C=O) groups excluding carboxylic acids is 1. The fraction of sp³-hybridized carbons (Fsp3) is 0.562. The smallest absolute Gasteiger partial charge is 0.223 e. The molecule has 3 nitrogen and oxygen atoms in total. The first-order chi connectivity index (χ1) is 9.70. The molecule has 1 saturated heterocycles. The molecular weight excluding hydrogens is 255 g/mol. The zero-order valence-corrected chi connectivity index (χ0v) is 11.6. The fourth-order valence-electron chi connectivity index (χ4n) is 3.34. The molecule has 0 aromatic heterocycles. The topological polar surface area (TPSA) is 41.1 Å². The third-order valence-corrected chi connectivity index (χ3v) is 4.71. The van der Waals surface area contributed by atoms with Gasteiger partial charge in [0, 0.05) is 12.5 Å². The second-order valence-corrected chi connectivity index (χ2v) is 6.04. The number of rotatable bonds is 4. The number of piperidine rings is 1. The molecule has 0 radical (unpaired) electrons. The molecule has 1 unspecified atom stereocenters. The molecule has 1 aromatic carbocycles. The number of carbonyl (C=O) groups is 1. The largest absolute Gasteiger partial charge is 0.356 e. The summed E-state index contributed by atoms with van der Waals surface area (Å²) in [5.74, 6) is 0.171. The highest BCUT2D eigenvalue weighted by molar-refractivity contribution is 5.82. The average molecular weight is 276 g/mol. The van der Waals surface area contributed by atoms with Gasteiger partial charge in [-0.05, 0) is 61.9 Å². The van der Waals surface area contributed by atoms with Gasteiger partial charge in [-0.15, -0.1) is 0 Å². The third kappa shape index (κ3) is 2.85. The number of nitrogens with one attached hydrogen (secondary N) is 2. The van der Waals surface area contributed by atoms with Crippen LogP contribution in [0.3, 0.4) is 0 Å². The van der Waals surface area contributed by atoms with Gasteiger partial charge >= 0.3 is 0 Å². The predicted octanol–water partition coefficient (Wildman–Crippen LogP) is 1.87. The molecule has 2 fully saturated rings. The maximum atomic E-state index is 13.0. The summed E-state index contributed by atoms with van der Waals surface area (Å²) in [6, 6.07) is 6.56. The van der Waals surface area contributed by atoms with E-state index in [0.29, 0.717) is 13.0 Å². The molecule has 1 aliphatic heterocycles. The van der Waals surface area contributed by atoms with Gasteiger partial charge in [0.1, 0.15) is 5.82 Å². The minimum absolute atomic E-state index is 0.184. The average Bonchev–Trinajstić information content (AvgIpc) is 3.13. The summed E-state index contributed by atoms with van der Waals surface area (Å²) in [6.07, 6.45) is 3.97. The minimum Gasteiger partial charge on any atom is -0.356 e. The maximum Gasteiger partial charge on any atom is 0.223 e. The Kier molecular flexibility index (Phi) is 3.74. The number of hydrogen-bond acceptors (Lipinski definition) is 2. The van der Waals surface area contributed by atoms with E-state index in [1.807, 2.05) is 6.07 Å². The van der Waals surface area contributed by atoms with Crippen molar-refractivity contribution in [3.05, 3.63) is 35.6 Å². The molecule has 1 aliphatic carbocycles. The summed E-state index contributed by atoms with van der Waals surface area (Å²) in [6.45, 7) is 2.66. The Morgan fingerprint density at radius 1 is 1.40 bits per heavy atom. The van der Waals surface area contributed by atoms with Crippen LogP contribution >= 0.6 is 0 Å². The molecule has 4 heteroatoms. The molecule has 3 rings (SSSR count). The van der Waals surface area contributed by atoms with Crippen LogP contribution in [0.2, 0.25) is 0 Å². The van der Waals surface area contributed by atoms with Gasteiger partial charge in [-0.3, -0.25) is 4.79 Å². The van der Waals surface area contributed by atoms with Gasteiger partial charge in [-0.25, -0.2) is 4.39 Å². The fourth-order valence-corrected chi connectivity index (χ4v) is 3.34. The van der Waals surface area contributed by atoms with Gasteiger partial charge in [-0.1, -0.05) is 12.1 Å². The van der Waals surface area contributed by atoms with E-state index in [4.69, 9.17) is 0 Å². The monoisotopic (exact) mass is 276 g/mol. The zero-order chi connectivity index (χ0) is 14.0. The second kappa shape index (κ2) is 5.52. The molecule has 20 heavy (non-hydrogen) atoms. The molecule has 2 N–H and O–H groups in total. The van der Waals surface area contributed by atoms with Crippen molar-refractivity contribution in [2.45, 2.75) is 25.7 Å². The lowest BCUT2D eigenvalue weighted by atomic mass is 9.92. The first kappa shape index (κ1) is 13.6. The highest BCUT2D eigenvalue weighted by atomic mass is 19.1. The van der Waals surface area contributed by atoms with E-state index in [-0.39, 0.29) is 23.1 Å². The Labute approximate surface area is 118 Å². The molecule has 1 atom stereocenters. The van der Waals surface area contributed by atoms with Gasteiger partial charge in [0.25, 0.3) is 0 Å². The summed E-state index contributed by atoms with van der Waals surface area (Å²) in [7, 11) is 0. The van der Waals surface area contributed by atoms with Gasteiger partial charge < -0.3 is 10.6 Å². The summed E-state index contributed by atoms with van der Waals surface area (Å²) < 4.78 is 13.0. The molecule has 1 aromatic rings. The van der Waals surface area contributed by atoms with Crippen molar-refractivity contribution in [1.82, 2.24) is 10.6 Å². The van der Waals surface area contributed by atoms with Gasteiger partial charge in [0.2, 0.25) is 5.91 Å². The van der Waals surface area contributed by atoms with Gasteiger partial charge in [-0.2, -0.15) is 0 Å². The Bertz CT molecular complexity index is 497. The molecule has 0 bridgehead atoms. The van der Waals surface area contributed by atoms with E-state index in [2.05, 4.69) is 10.6 Å². The van der Waals surface area contributed by atoms with Crippen LogP contribution in [0.4, 0.5) is 4.39 Å². The Morgan fingerprint density at radius 3 is 2.95 bits per heavy atom. The van der Waals surface area contributed by atoms with E-state index in [1.54, 1.807) is 6.07 Å². The van der Waals surface area contributed by atoms with Crippen molar-refractivity contribution in [2.75, 3.05) is 19.6 Å². The molecule has 1 spiro atoms. The quantitative estimate of drug-likeness (QED) is 0.881. The molecule has 1 heterocycles. The number of halogens is 1. The lowest BCUT2D eigenvalue weighted by molar-refractivity contribution is -0.123. The van der Waals surface area contributed by atoms with E-state index in [0.717, 1.165) is 37.9 Å². The van der Waals surface area contributed by atoms with Crippen LogP contribution in [0, 0.1) is 17.2 Å². The van der Waals surface area contributed by atoms with E-state index >= 15 is 0 Å². The number of amides is 1. The summed E-state index contributed by atoms with van der Waals surface area (Å²) in [5.41, 5.74) is 1.21. The maximum absolute atomic E-state index is 13.0. The van der Waals surface area contributed by atoms with Crippen molar-refractivity contribution in [3.8, 4) is 0 Å². The highest BCUT2D eigenvalue weighted by Crippen LogP contribution is 2.58. The summed E-state index contributed by atoms with van der Waals surface area (Å²) in [4.78, 5) is 12.1. The normalized spacial score (nSPS) is 23.6. The summed E-state index contributed by atoms with van der Waals surface area (Å²) in [5, 5.41) is 6.34. The number of hydrogen-bond donors (Lipinski definition) is 2. The zero-order valence-electron chi connectivity index (χ0n) is 11.6. The molecule has 2 aliphatic rings. The van der Waals surface area contributed by atoms with Crippen LogP contribution in [-0.2, 0) is 11.2 Å². The van der Waals surface area contributed by atoms with Crippen LogP contribution in [0.15, 0.2) is 24.3 Å². The molecule has 1 saturated carbocycles. The van der Waals surface area contributed by atoms with E-state index < -0.39 is 0 Å². The Balaban J connectivity index is 1.44. The van der Waals surface area contributed by atoms with E-state index in [1.165, 1.54) is 12.1 Å². The highest BCUT2D eigenvalue weighted by Gasteiger charge is 2.57. The van der Waals surface area contributed by atoms with Crippen LogP contribution in [-0.4, -0.2) is 25.5 Å². The van der Waals surface area contributed by atoms with Crippen molar-refractivity contribution in [3.63, 3.8) is 0 Å². The van der Waals surface area contributed by atoms with Crippen molar-refractivity contribution >= 4 is 5.91 Å². The Hall–Kier alpha value is -1.42. The standard InChI is InChI=1S/C16H21FN2O/c17-13-3-1-2-12(10-13)4-7-19-15(20)14-11-16(14)5-8-18-9-6-16/h1-3,10,14,18H,4-9,11H2,(H,19,20). The first-order valence-corrected chi connectivity index (χ1v) is 7.42. The molecule has 1 amide bonds. The lowest BCUT2D eigenvalue weighted by Crippen LogP contribution is -2.34. The first-order valence-electron chi connectivity index (χ1n) is 7.42. The predicted molar refractivity (Wildman–Crippen MR) is 75.8 cm³/mol. The second-order valence-electron chi connectivity index (χ2n) is 6.04.